The van der Waals surface area contributed by atoms with Gasteiger partial charge < -0.3 is 14.8 Å². The molecule has 1 aromatic carbocycles. The predicted molar refractivity (Wildman–Crippen MR) is 72.0 cm³/mol. The fourth-order valence-corrected chi connectivity index (χ4v) is 2.09. The molecule has 0 fully saturated rings. The van der Waals surface area contributed by atoms with Gasteiger partial charge in [-0.05, 0) is 31.0 Å². The second-order valence-electron chi connectivity index (χ2n) is 4.44. The van der Waals surface area contributed by atoms with Crippen LogP contribution in [-0.2, 0) is 4.79 Å². The first-order chi connectivity index (χ1) is 9.43. The average Bonchev–Trinajstić information content (AvgIpc) is 2.86. The molecule has 1 aromatic heterocycles. The summed E-state index contributed by atoms with van der Waals surface area (Å²) in [4.78, 5) is 28.8. The molecular formula is C14H14N2O4. The number of imidazole rings is 1. The lowest BCUT2D eigenvalue weighted by atomic mass is 10.1. The smallest absolute Gasteiger partial charge is 0.378 e. The van der Waals surface area contributed by atoms with Crippen molar-refractivity contribution in [2.75, 3.05) is 7.11 Å². The number of aliphatic carboxylic acids is 1. The Morgan fingerprint density at radius 2 is 2.00 bits per heavy atom. The van der Waals surface area contributed by atoms with Crippen molar-refractivity contribution in [3.8, 4) is 17.1 Å². The quantitative estimate of drug-likeness (QED) is 0.657. The van der Waals surface area contributed by atoms with Crippen molar-refractivity contribution >= 4 is 11.8 Å². The van der Waals surface area contributed by atoms with Crippen LogP contribution < -0.4 is 4.74 Å². The topological polar surface area (TPSA) is 92.3 Å². The number of H-pyrrole nitrogens is 1. The number of aromatic nitrogens is 2. The molecule has 0 saturated heterocycles. The number of carboxylic acids is 1. The van der Waals surface area contributed by atoms with Gasteiger partial charge in [0, 0.05) is 0 Å². The van der Waals surface area contributed by atoms with Gasteiger partial charge in [-0.15, -0.1) is 0 Å². The van der Waals surface area contributed by atoms with Crippen LogP contribution in [-0.4, -0.2) is 33.9 Å². The maximum Gasteiger partial charge on any atom is 0.378 e. The van der Waals surface area contributed by atoms with Gasteiger partial charge >= 0.3 is 5.97 Å². The van der Waals surface area contributed by atoms with E-state index < -0.39 is 11.8 Å². The first-order valence-corrected chi connectivity index (χ1v) is 5.92. The second-order valence-corrected chi connectivity index (χ2v) is 4.44. The lowest BCUT2D eigenvalue weighted by Gasteiger charge is -2.10. The molecule has 0 atom stereocenters. The van der Waals surface area contributed by atoms with Gasteiger partial charge in [-0.25, -0.2) is 9.78 Å². The van der Waals surface area contributed by atoms with Crippen LogP contribution in [0.2, 0.25) is 0 Å². The lowest BCUT2D eigenvalue weighted by molar-refractivity contribution is -0.131. The summed E-state index contributed by atoms with van der Waals surface area (Å²) in [5.74, 6) is -1.50. The number of Topliss-reactive ketones (excluding diaryl/α,β-unsaturated/α-hetero) is 1. The number of methoxy groups -OCH3 is 1. The third-order valence-corrected chi connectivity index (χ3v) is 2.89. The summed E-state index contributed by atoms with van der Waals surface area (Å²) in [6, 6.07) is 3.83. The molecule has 1 heterocycles. The number of carbonyl (C=O) groups is 2. The van der Waals surface area contributed by atoms with Crippen LogP contribution >= 0.6 is 0 Å². The van der Waals surface area contributed by atoms with Crippen LogP contribution in [0.15, 0.2) is 18.3 Å². The van der Waals surface area contributed by atoms with Crippen LogP contribution in [0.5, 0.6) is 5.75 Å². The van der Waals surface area contributed by atoms with E-state index in [-0.39, 0.29) is 5.69 Å². The van der Waals surface area contributed by atoms with Crippen LogP contribution in [0.3, 0.4) is 0 Å². The Hall–Kier alpha value is -2.63. The van der Waals surface area contributed by atoms with Crippen molar-refractivity contribution in [1.82, 2.24) is 9.97 Å². The first-order valence-electron chi connectivity index (χ1n) is 5.92. The average molecular weight is 274 g/mol. The molecular weight excluding hydrogens is 260 g/mol. The molecule has 0 amide bonds. The van der Waals surface area contributed by atoms with Crippen LogP contribution in [0.4, 0.5) is 0 Å². The predicted octanol–water partition coefficient (Wildman–Crippen LogP) is 1.97. The van der Waals surface area contributed by atoms with Crippen LogP contribution in [0.1, 0.15) is 21.6 Å². The number of benzene rings is 1. The zero-order chi connectivity index (χ0) is 14.9. The molecule has 20 heavy (non-hydrogen) atoms. The Morgan fingerprint density at radius 1 is 1.30 bits per heavy atom. The van der Waals surface area contributed by atoms with Gasteiger partial charge in [-0.1, -0.05) is 6.07 Å². The van der Waals surface area contributed by atoms with Crippen molar-refractivity contribution in [3.63, 3.8) is 0 Å². The highest BCUT2D eigenvalue weighted by Gasteiger charge is 2.19. The van der Waals surface area contributed by atoms with E-state index in [9.17, 15) is 9.59 Å². The highest BCUT2D eigenvalue weighted by atomic mass is 16.5. The maximum absolute atomic E-state index is 11.4. The minimum atomic E-state index is -1.52. The van der Waals surface area contributed by atoms with Crippen molar-refractivity contribution in [2.45, 2.75) is 13.8 Å². The number of aromatic amines is 1. The van der Waals surface area contributed by atoms with E-state index in [4.69, 9.17) is 9.84 Å². The van der Waals surface area contributed by atoms with E-state index in [1.54, 1.807) is 7.11 Å². The van der Waals surface area contributed by atoms with Gasteiger partial charge in [0.25, 0.3) is 5.78 Å². The second kappa shape index (κ2) is 5.16. The van der Waals surface area contributed by atoms with Crippen molar-refractivity contribution in [2.24, 2.45) is 0 Å². The van der Waals surface area contributed by atoms with E-state index >= 15 is 0 Å². The molecule has 0 bridgehead atoms. The van der Waals surface area contributed by atoms with Gasteiger partial charge in [-0.3, -0.25) is 4.79 Å². The molecule has 6 heteroatoms. The molecule has 2 aromatic rings. The summed E-state index contributed by atoms with van der Waals surface area (Å²) in [6.45, 7) is 3.84. The fraction of sp³-hybridized carbons (Fsp3) is 0.214. The van der Waals surface area contributed by atoms with E-state index in [0.717, 1.165) is 11.1 Å². The van der Waals surface area contributed by atoms with Crippen LogP contribution in [0.25, 0.3) is 11.4 Å². The number of carbonyl (C=O) groups excluding carboxylic acids is 1. The lowest BCUT2D eigenvalue weighted by Crippen LogP contribution is -2.12. The highest BCUT2D eigenvalue weighted by Crippen LogP contribution is 2.32. The Bertz CT molecular complexity index is 688. The standard InChI is InChI=1S/C14H14N2O4/c1-7-4-8(2)12(20-3)9(5-7)13-15-6-10(16-13)11(17)14(18)19/h4-6H,1-3H3,(H,15,16)(H,18,19). The molecule has 6 nitrogen and oxygen atoms in total. The molecule has 2 N–H and O–H groups in total. The normalized spacial score (nSPS) is 10.3. The summed E-state index contributed by atoms with van der Waals surface area (Å²) in [6.07, 6.45) is 1.21. The summed E-state index contributed by atoms with van der Waals surface area (Å²) in [5.41, 5.74) is 2.58. The number of rotatable bonds is 4. The summed E-state index contributed by atoms with van der Waals surface area (Å²) >= 11 is 0. The van der Waals surface area contributed by atoms with E-state index in [1.165, 1.54) is 6.20 Å². The molecule has 0 spiro atoms. The Morgan fingerprint density at radius 3 is 2.60 bits per heavy atom. The van der Waals surface area contributed by atoms with Crippen molar-refractivity contribution in [3.05, 3.63) is 35.2 Å². The Labute approximate surface area is 115 Å². The monoisotopic (exact) mass is 274 g/mol. The number of nitrogens with zero attached hydrogens (tertiary/aromatic N) is 1. The number of hydrogen-bond acceptors (Lipinski definition) is 4. The number of ether oxygens (including phenoxy) is 1. The van der Waals surface area contributed by atoms with Gasteiger partial charge in [-0.2, -0.15) is 0 Å². The molecule has 0 radical (unpaired) electrons. The molecule has 0 saturated carbocycles. The third-order valence-electron chi connectivity index (χ3n) is 2.89. The summed E-state index contributed by atoms with van der Waals surface area (Å²) in [5, 5.41) is 8.68. The molecule has 2 rings (SSSR count). The maximum atomic E-state index is 11.4. The third kappa shape index (κ3) is 2.40. The first kappa shape index (κ1) is 13.8. The zero-order valence-electron chi connectivity index (χ0n) is 11.4. The Kier molecular flexibility index (Phi) is 3.56. The fourth-order valence-electron chi connectivity index (χ4n) is 2.09. The van der Waals surface area contributed by atoms with Gasteiger partial charge in [0.1, 0.15) is 17.3 Å². The van der Waals surface area contributed by atoms with Gasteiger partial charge in [0.2, 0.25) is 0 Å². The Balaban J connectivity index is 2.52. The molecule has 104 valence electrons. The minimum absolute atomic E-state index is 0.0614. The van der Waals surface area contributed by atoms with Gasteiger partial charge in [0.05, 0.1) is 18.9 Å². The zero-order valence-corrected chi connectivity index (χ0v) is 11.4. The summed E-state index contributed by atoms with van der Waals surface area (Å²) < 4.78 is 5.34. The molecule has 0 aliphatic heterocycles. The van der Waals surface area contributed by atoms with Crippen LogP contribution in [0, 0.1) is 13.8 Å². The molecule has 0 aliphatic rings. The van der Waals surface area contributed by atoms with E-state index in [0.29, 0.717) is 17.1 Å². The molecule has 0 aliphatic carbocycles. The van der Waals surface area contributed by atoms with E-state index in [2.05, 4.69) is 9.97 Å². The number of ketones is 1. The minimum Gasteiger partial charge on any atom is -0.496 e. The van der Waals surface area contributed by atoms with Gasteiger partial charge in [0.15, 0.2) is 0 Å². The summed E-state index contributed by atoms with van der Waals surface area (Å²) in [7, 11) is 1.55. The number of aryl methyl sites for hydroxylation is 2. The highest BCUT2D eigenvalue weighted by molar-refractivity contribution is 6.39. The number of carboxylic acid groups (broad SMARTS) is 1. The van der Waals surface area contributed by atoms with E-state index in [1.807, 2.05) is 26.0 Å². The van der Waals surface area contributed by atoms with Crippen molar-refractivity contribution < 1.29 is 19.4 Å². The number of nitrogens with one attached hydrogen (secondary N) is 1. The SMILES string of the molecule is COc1c(C)cc(C)cc1-c1ncc(C(=O)C(=O)O)[nH]1. The number of hydrogen-bond donors (Lipinski definition) is 2. The molecule has 0 unspecified atom stereocenters. The van der Waals surface area contributed by atoms with Crippen molar-refractivity contribution in [1.29, 1.82) is 0 Å². The largest absolute Gasteiger partial charge is 0.496 e.